The van der Waals surface area contributed by atoms with Gasteiger partial charge in [0.15, 0.2) is 25.4 Å². The first-order chi connectivity index (χ1) is 34.5. The molecule has 0 spiro atoms. The number of carbonyl (C=O) groups excluding carboxylic acids is 4. The summed E-state index contributed by atoms with van der Waals surface area (Å²) in [6.07, 6.45) is -8.90. The van der Waals surface area contributed by atoms with Gasteiger partial charge >= 0.3 is 5.97 Å². The van der Waals surface area contributed by atoms with E-state index in [2.05, 4.69) is 16.0 Å². The number of carbonyl (C=O) groups is 4. The molecule has 0 saturated carbocycles. The third-order valence-electron chi connectivity index (χ3n) is 12.4. The molecule has 11 atom stereocenters. The lowest BCUT2D eigenvalue weighted by molar-refractivity contribution is -0.366. The standard InChI is InChI=1S/C55H61N3O13/c1-34-18-17-19-35(2)45(34)53(62)66-33-44(61)58-52-46(56-36(3)59)50(64-29-39-22-11-6-12-23-39)48(42(68-52)31-63-28-38-20-9-5-10-21-38)71-55-47(57-37(4)60)51(65-30-40-24-13-7-14-25-40)49-43(69-55)32-67-54(70-49)41-26-15-8-16-27-41/h5-27,42-43,46-52,54-55H,28-33H2,1-4H3,(H,56,59)(H,57,60)(H,58,61)/t42-,43-,46-,47-,48-,49-,50-,51-,52-,54?,55+/m1/s1. The molecule has 3 heterocycles. The van der Waals surface area contributed by atoms with Crippen molar-refractivity contribution in [1.29, 1.82) is 0 Å². The highest BCUT2D eigenvalue weighted by Crippen LogP contribution is 2.38. The summed E-state index contributed by atoms with van der Waals surface area (Å²) in [6, 6.07) is 41.4. The van der Waals surface area contributed by atoms with E-state index >= 15 is 0 Å². The minimum atomic E-state index is -1.27. The van der Waals surface area contributed by atoms with Gasteiger partial charge in [-0.25, -0.2) is 4.79 Å². The molecule has 3 fully saturated rings. The molecule has 8 rings (SSSR count). The van der Waals surface area contributed by atoms with Crippen molar-refractivity contribution in [2.75, 3.05) is 19.8 Å². The summed E-state index contributed by atoms with van der Waals surface area (Å²) in [5, 5.41) is 8.84. The first kappa shape index (κ1) is 51.0. The van der Waals surface area contributed by atoms with Crippen LogP contribution in [0.5, 0.6) is 0 Å². The van der Waals surface area contributed by atoms with Gasteiger partial charge in [-0.05, 0) is 41.7 Å². The zero-order valence-electron chi connectivity index (χ0n) is 40.2. The maximum Gasteiger partial charge on any atom is 0.339 e. The van der Waals surface area contributed by atoms with Crippen molar-refractivity contribution >= 4 is 23.7 Å². The van der Waals surface area contributed by atoms with Gasteiger partial charge < -0.3 is 58.6 Å². The van der Waals surface area contributed by atoms with E-state index in [1.165, 1.54) is 13.8 Å². The van der Waals surface area contributed by atoms with E-state index in [1.807, 2.05) is 127 Å². The first-order valence-electron chi connectivity index (χ1n) is 23.8. The summed E-state index contributed by atoms with van der Waals surface area (Å²) in [6.45, 7) is 6.03. The third kappa shape index (κ3) is 13.5. The second-order valence-electron chi connectivity index (χ2n) is 17.8. The highest BCUT2D eigenvalue weighted by molar-refractivity contribution is 5.94. The Morgan fingerprint density at radius 2 is 1.14 bits per heavy atom. The van der Waals surface area contributed by atoms with Crippen LogP contribution in [0.2, 0.25) is 0 Å². The smallest absolute Gasteiger partial charge is 0.339 e. The monoisotopic (exact) mass is 971 g/mol. The van der Waals surface area contributed by atoms with Gasteiger partial charge in [0.1, 0.15) is 48.7 Å². The van der Waals surface area contributed by atoms with Crippen molar-refractivity contribution in [3.05, 3.63) is 178 Å². The molecule has 3 aliphatic heterocycles. The molecule has 0 aromatic heterocycles. The van der Waals surface area contributed by atoms with Crippen LogP contribution >= 0.6 is 0 Å². The van der Waals surface area contributed by atoms with E-state index in [9.17, 15) is 19.2 Å². The minimum absolute atomic E-state index is 0.0455. The summed E-state index contributed by atoms with van der Waals surface area (Å²) < 4.78 is 59.1. The number of amides is 3. The van der Waals surface area contributed by atoms with Crippen LogP contribution in [0.25, 0.3) is 0 Å². The largest absolute Gasteiger partial charge is 0.452 e. The Kier molecular flexibility index (Phi) is 17.7. The van der Waals surface area contributed by atoms with Gasteiger partial charge in [-0.3, -0.25) is 14.4 Å². The Bertz CT molecular complexity index is 2500. The molecule has 16 nitrogen and oxygen atoms in total. The van der Waals surface area contributed by atoms with Crippen molar-refractivity contribution in [3.63, 3.8) is 0 Å². The van der Waals surface area contributed by atoms with E-state index in [0.29, 0.717) is 16.7 Å². The molecular formula is C55H61N3O13. The maximum absolute atomic E-state index is 13.8. The van der Waals surface area contributed by atoms with E-state index < -0.39 is 91.9 Å². The SMILES string of the molecule is CC(=O)N[C@@H]1[C@@H](OCc2ccccc2)[C@H](O[C@@H]2O[C@@H]3COC(c4ccccc4)O[C@H]3[C@H](OCc3ccccc3)[C@H]2NC(C)=O)[C@@H](COCc2ccccc2)O[C@H]1NC(=O)COC(=O)c1c(C)cccc1C. The molecule has 16 heteroatoms. The molecule has 5 aromatic rings. The van der Waals surface area contributed by atoms with Crippen LogP contribution in [-0.2, 0) is 76.8 Å². The summed E-state index contributed by atoms with van der Waals surface area (Å²) in [5.74, 6) is -2.21. The van der Waals surface area contributed by atoms with Crippen LogP contribution in [-0.4, -0.2) is 105 Å². The molecule has 3 N–H and O–H groups in total. The lowest BCUT2D eigenvalue weighted by Gasteiger charge is -2.52. The Labute approximate surface area is 413 Å². The Hall–Kier alpha value is -6.34. The average molecular weight is 972 g/mol. The van der Waals surface area contributed by atoms with Crippen LogP contribution in [0.1, 0.15) is 63.9 Å². The molecule has 0 radical (unpaired) electrons. The number of aryl methyl sites for hydroxylation is 2. The van der Waals surface area contributed by atoms with Crippen molar-refractivity contribution in [2.24, 2.45) is 0 Å². The number of hydrogen-bond acceptors (Lipinski definition) is 13. The van der Waals surface area contributed by atoms with Gasteiger partial charge in [-0.1, -0.05) is 140 Å². The Morgan fingerprint density at radius 1 is 0.592 bits per heavy atom. The van der Waals surface area contributed by atoms with Crippen molar-refractivity contribution < 1.29 is 61.8 Å². The van der Waals surface area contributed by atoms with E-state index in [4.69, 9.17) is 42.6 Å². The second-order valence-corrected chi connectivity index (χ2v) is 17.8. The Balaban J connectivity index is 1.13. The number of hydrogen-bond donors (Lipinski definition) is 3. The highest BCUT2D eigenvalue weighted by Gasteiger charge is 2.55. The van der Waals surface area contributed by atoms with Gasteiger partial charge in [0.25, 0.3) is 5.91 Å². The van der Waals surface area contributed by atoms with Crippen LogP contribution in [0, 0.1) is 13.8 Å². The van der Waals surface area contributed by atoms with Crippen molar-refractivity contribution in [1.82, 2.24) is 16.0 Å². The van der Waals surface area contributed by atoms with Crippen LogP contribution < -0.4 is 16.0 Å². The minimum Gasteiger partial charge on any atom is -0.452 e. The number of nitrogens with one attached hydrogen (secondary N) is 3. The summed E-state index contributed by atoms with van der Waals surface area (Å²) in [5.41, 5.74) is 5.14. The number of fused-ring (bicyclic) bond motifs is 1. The van der Waals surface area contributed by atoms with Crippen LogP contribution in [0.15, 0.2) is 140 Å². The lowest BCUT2D eigenvalue weighted by Crippen LogP contribution is -2.72. The molecule has 3 amide bonds. The number of rotatable bonds is 19. The normalized spacial score (nSPS) is 26.1. The van der Waals surface area contributed by atoms with E-state index in [0.717, 1.165) is 22.3 Å². The zero-order chi connectivity index (χ0) is 49.7. The number of esters is 1. The maximum atomic E-state index is 13.8. The summed E-state index contributed by atoms with van der Waals surface area (Å²) in [7, 11) is 0. The lowest BCUT2D eigenvalue weighted by atomic mass is 9.93. The van der Waals surface area contributed by atoms with Crippen LogP contribution in [0.3, 0.4) is 0 Å². The third-order valence-corrected chi connectivity index (χ3v) is 12.4. The molecule has 5 aromatic carbocycles. The topological polar surface area (TPSA) is 187 Å². The number of benzene rings is 5. The van der Waals surface area contributed by atoms with Gasteiger partial charge in [-0.15, -0.1) is 0 Å². The quantitative estimate of drug-likeness (QED) is 0.0829. The molecular weight excluding hydrogens is 911 g/mol. The molecule has 3 saturated heterocycles. The average Bonchev–Trinajstić information content (AvgIpc) is 3.37. The second kappa shape index (κ2) is 24.7. The molecule has 3 aliphatic rings. The molecule has 0 bridgehead atoms. The van der Waals surface area contributed by atoms with Crippen molar-refractivity contribution in [3.8, 4) is 0 Å². The Morgan fingerprint density at radius 3 is 1.73 bits per heavy atom. The summed E-state index contributed by atoms with van der Waals surface area (Å²) in [4.78, 5) is 53.6. The predicted molar refractivity (Wildman–Crippen MR) is 258 cm³/mol. The predicted octanol–water partition coefficient (Wildman–Crippen LogP) is 5.92. The van der Waals surface area contributed by atoms with Gasteiger partial charge in [0, 0.05) is 19.4 Å². The number of ether oxygens (including phenoxy) is 9. The fourth-order valence-electron chi connectivity index (χ4n) is 9.10. The summed E-state index contributed by atoms with van der Waals surface area (Å²) >= 11 is 0. The van der Waals surface area contributed by atoms with Gasteiger partial charge in [0.05, 0.1) is 38.6 Å². The molecule has 374 valence electrons. The molecule has 71 heavy (non-hydrogen) atoms. The highest BCUT2D eigenvalue weighted by atomic mass is 16.8. The molecule has 0 aliphatic carbocycles. The first-order valence-corrected chi connectivity index (χ1v) is 23.8. The zero-order valence-corrected chi connectivity index (χ0v) is 40.2. The fourth-order valence-corrected chi connectivity index (χ4v) is 9.10. The van der Waals surface area contributed by atoms with E-state index in [1.54, 1.807) is 26.0 Å². The van der Waals surface area contributed by atoms with Gasteiger partial charge in [-0.2, -0.15) is 0 Å². The van der Waals surface area contributed by atoms with Crippen LogP contribution in [0.4, 0.5) is 0 Å². The van der Waals surface area contributed by atoms with E-state index in [-0.39, 0.29) is 38.9 Å². The molecule has 1 unspecified atom stereocenters. The van der Waals surface area contributed by atoms with Crippen molar-refractivity contribution in [2.45, 2.75) is 115 Å². The fraction of sp³-hybridized carbons (Fsp3) is 0.382. The van der Waals surface area contributed by atoms with Gasteiger partial charge in [0.2, 0.25) is 11.8 Å².